The van der Waals surface area contributed by atoms with Gasteiger partial charge < -0.3 is 4.98 Å². The fourth-order valence-corrected chi connectivity index (χ4v) is 2.83. The Labute approximate surface area is 103 Å². The van der Waals surface area contributed by atoms with Crippen molar-refractivity contribution in [1.29, 1.82) is 0 Å². The Hall–Kier alpha value is -1.12. The third kappa shape index (κ3) is 2.43. The third-order valence-electron chi connectivity index (χ3n) is 4.11. The molecule has 2 unspecified atom stereocenters. The summed E-state index contributed by atoms with van der Waals surface area (Å²) < 4.78 is 0. The van der Waals surface area contributed by atoms with E-state index >= 15 is 0 Å². The third-order valence-corrected chi connectivity index (χ3v) is 4.11. The van der Waals surface area contributed by atoms with Gasteiger partial charge in [-0.25, -0.2) is 4.98 Å². The highest BCUT2D eigenvalue weighted by Crippen LogP contribution is 2.38. The molecule has 0 saturated heterocycles. The van der Waals surface area contributed by atoms with Crippen molar-refractivity contribution in [1.82, 2.24) is 9.97 Å². The molecule has 1 fully saturated rings. The van der Waals surface area contributed by atoms with E-state index in [2.05, 4.69) is 23.8 Å². The molecule has 2 atom stereocenters. The minimum absolute atomic E-state index is 0.0480. The maximum atomic E-state index is 11.8. The van der Waals surface area contributed by atoms with Crippen LogP contribution >= 0.6 is 0 Å². The van der Waals surface area contributed by atoms with Gasteiger partial charge in [-0.05, 0) is 38.5 Å². The van der Waals surface area contributed by atoms with Crippen molar-refractivity contribution in [3.8, 4) is 0 Å². The second kappa shape index (κ2) is 5.03. The summed E-state index contributed by atoms with van der Waals surface area (Å²) in [4.78, 5) is 19.4. The van der Waals surface area contributed by atoms with Gasteiger partial charge in [-0.3, -0.25) is 4.79 Å². The van der Waals surface area contributed by atoms with Crippen LogP contribution < -0.4 is 5.56 Å². The van der Waals surface area contributed by atoms with Crippen LogP contribution in [0.5, 0.6) is 0 Å². The first-order chi connectivity index (χ1) is 8.15. The second-order valence-electron chi connectivity index (χ2n) is 5.16. The Balaban J connectivity index is 2.28. The van der Waals surface area contributed by atoms with Crippen LogP contribution in [0.2, 0.25) is 0 Å². The molecule has 3 nitrogen and oxygen atoms in total. The summed E-state index contributed by atoms with van der Waals surface area (Å²) in [5.41, 5.74) is 1.79. The van der Waals surface area contributed by atoms with Gasteiger partial charge >= 0.3 is 0 Å². The van der Waals surface area contributed by atoms with Crippen LogP contribution in [0.1, 0.15) is 62.5 Å². The topological polar surface area (TPSA) is 45.8 Å². The van der Waals surface area contributed by atoms with Gasteiger partial charge in [-0.15, -0.1) is 0 Å². The average Bonchev–Trinajstić information content (AvgIpc) is 2.81. The largest absolute Gasteiger partial charge is 0.310 e. The second-order valence-corrected chi connectivity index (χ2v) is 5.16. The van der Waals surface area contributed by atoms with E-state index < -0.39 is 0 Å². The van der Waals surface area contributed by atoms with Crippen molar-refractivity contribution in [2.24, 2.45) is 5.92 Å². The Morgan fingerprint density at radius 1 is 1.35 bits per heavy atom. The van der Waals surface area contributed by atoms with E-state index in [4.69, 9.17) is 0 Å². The van der Waals surface area contributed by atoms with Gasteiger partial charge in [0.2, 0.25) is 0 Å². The highest BCUT2D eigenvalue weighted by atomic mass is 16.1. The summed E-state index contributed by atoms with van der Waals surface area (Å²) in [5.74, 6) is 2.21. The molecule has 1 aliphatic rings. The molecule has 1 saturated carbocycles. The van der Waals surface area contributed by atoms with Crippen molar-refractivity contribution in [3.05, 3.63) is 27.4 Å². The van der Waals surface area contributed by atoms with Gasteiger partial charge in [0.25, 0.3) is 5.56 Å². The van der Waals surface area contributed by atoms with E-state index in [1.807, 2.05) is 6.92 Å². The maximum absolute atomic E-state index is 11.8. The predicted octanol–water partition coefficient (Wildman–Crippen LogP) is 2.93. The van der Waals surface area contributed by atoms with Crippen LogP contribution in [0.15, 0.2) is 4.79 Å². The lowest BCUT2D eigenvalue weighted by molar-refractivity contribution is 0.515. The summed E-state index contributed by atoms with van der Waals surface area (Å²) in [6.45, 7) is 6.16. The molecule has 1 heterocycles. The van der Waals surface area contributed by atoms with Gasteiger partial charge in [-0.2, -0.15) is 0 Å². The normalized spacial score (nSPS) is 24.2. The molecule has 0 amide bonds. The average molecular weight is 234 g/mol. The number of nitrogens with one attached hydrogen (secondary N) is 1. The zero-order valence-corrected chi connectivity index (χ0v) is 11.0. The SMILES string of the molecule is CCc1nc(C2CCC(CC)C2)[nH]c(=O)c1C. The highest BCUT2D eigenvalue weighted by molar-refractivity contribution is 5.17. The van der Waals surface area contributed by atoms with Crippen LogP contribution in [0.4, 0.5) is 0 Å². The number of nitrogens with zero attached hydrogens (tertiary/aromatic N) is 1. The molecule has 17 heavy (non-hydrogen) atoms. The highest BCUT2D eigenvalue weighted by Gasteiger charge is 2.26. The minimum Gasteiger partial charge on any atom is -0.310 e. The standard InChI is InChI=1S/C14H22N2O/c1-4-10-6-7-11(8-10)13-15-12(5-2)9(3)14(17)16-13/h10-11H,4-8H2,1-3H3,(H,15,16,17). The van der Waals surface area contributed by atoms with E-state index in [1.54, 1.807) is 0 Å². The monoisotopic (exact) mass is 234 g/mol. The maximum Gasteiger partial charge on any atom is 0.254 e. The molecule has 1 aromatic heterocycles. The number of aromatic amines is 1. The summed E-state index contributed by atoms with van der Waals surface area (Å²) >= 11 is 0. The van der Waals surface area contributed by atoms with E-state index in [1.165, 1.54) is 25.7 Å². The predicted molar refractivity (Wildman–Crippen MR) is 69.3 cm³/mol. The molecule has 2 rings (SSSR count). The minimum atomic E-state index is 0.0480. The van der Waals surface area contributed by atoms with Crippen molar-refractivity contribution in [2.45, 2.75) is 58.8 Å². The van der Waals surface area contributed by atoms with Crippen LogP contribution in [-0.2, 0) is 6.42 Å². The lowest BCUT2D eigenvalue weighted by Crippen LogP contribution is -2.19. The van der Waals surface area contributed by atoms with E-state index in [-0.39, 0.29) is 5.56 Å². The van der Waals surface area contributed by atoms with Crippen LogP contribution in [0.3, 0.4) is 0 Å². The lowest BCUT2D eigenvalue weighted by Gasteiger charge is -2.11. The van der Waals surface area contributed by atoms with Gasteiger partial charge in [0.15, 0.2) is 0 Å². The molecule has 1 N–H and O–H groups in total. The Morgan fingerprint density at radius 2 is 2.12 bits per heavy atom. The first-order valence-corrected chi connectivity index (χ1v) is 6.75. The molecule has 1 aliphatic carbocycles. The lowest BCUT2D eigenvalue weighted by atomic mass is 10.0. The summed E-state index contributed by atoms with van der Waals surface area (Å²) in [7, 11) is 0. The number of H-pyrrole nitrogens is 1. The van der Waals surface area contributed by atoms with Gasteiger partial charge in [0.05, 0.1) is 5.69 Å². The molecule has 94 valence electrons. The Bertz CT molecular complexity index is 450. The molecular weight excluding hydrogens is 212 g/mol. The van der Waals surface area contributed by atoms with Crippen molar-refractivity contribution in [2.75, 3.05) is 0 Å². The molecule has 3 heteroatoms. The van der Waals surface area contributed by atoms with Crippen molar-refractivity contribution in [3.63, 3.8) is 0 Å². The number of aryl methyl sites for hydroxylation is 1. The van der Waals surface area contributed by atoms with Gasteiger partial charge in [-0.1, -0.05) is 20.3 Å². The number of hydrogen-bond acceptors (Lipinski definition) is 2. The molecule has 0 radical (unpaired) electrons. The molecule has 1 aromatic rings. The fourth-order valence-electron chi connectivity index (χ4n) is 2.83. The number of hydrogen-bond donors (Lipinski definition) is 1. The molecule has 0 aromatic carbocycles. The van der Waals surface area contributed by atoms with E-state index in [9.17, 15) is 4.79 Å². The number of rotatable bonds is 3. The van der Waals surface area contributed by atoms with Crippen molar-refractivity contribution >= 4 is 0 Å². The van der Waals surface area contributed by atoms with Crippen LogP contribution in [-0.4, -0.2) is 9.97 Å². The first-order valence-electron chi connectivity index (χ1n) is 6.75. The summed E-state index contributed by atoms with van der Waals surface area (Å²) in [6, 6.07) is 0. The molecule has 0 aliphatic heterocycles. The molecular formula is C14H22N2O. The summed E-state index contributed by atoms with van der Waals surface area (Å²) in [6.07, 6.45) is 5.72. The summed E-state index contributed by atoms with van der Waals surface area (Å²) in [5, 5.41) is 0. The van der Waals surface area contributed by atoms with Crippen LogP contribution in [0.25, 0.3) is 0 Å². The van der Waals surface area contributed by atoms with Gasteiger partial charge in [0, 0.05) is 11.5 Å². The van der Waals surface area contributed by atoms with Crippen molar-refractivity contribution < 1.29 is 0 Å². The smallest absolute Gasteiger partial charge is 0.254 e. The van der Waals surface area contributed by atoms with E-state index in [0.29, 0.717) is 5.92 Å². The molecule has 0 spiro atoms. The zero-order valence-electron chi connectivity index (χ0n) is 11.0. The van der Waals surface area contributed by atoms with Crippen LogP contribution in [0, 0.1) is 12.8 Å². The Morgan fingerprint density at radius 3 is 2.71 bits per heavy atom. The van der Waals surface area contributed by atoms with E-state index in [0.717, 1.165) is 29.4 Å². The molecule has 0 bridgehead atoms. The quantitative estimate of drug-likeness (QED) is 0.874. The Kier molecular flexibility index (Phi) is 3.65. The van der Waals surface area contributed by atoms with Gasteiger partial charge in [0.1, 0.15) is 5.82 Å². The fraction of sp³-hybridized carbons (Fsp3) is 0.714. The zero-order chi connectivity index (χ0) is 12.4. The first kappa shape index (κ1) is 12.3. The number of aromatic nitrogens is 2.